The molecule has 0 saturated heterocycles. The molecule has 1 aromatic rings. The summed E-state index contributed by atoms with van der Waals surface area (Å²) in [4.78, 5) is 11.1. The van der Waals surface area contributed by atoms with Gasteiger partial charge < -0.3 is 0 Å². The number of nitriles is 2. The van der Waals surface area contributed by atoms with Gasteiger partial charge in [0, 0.05) is 17.3 Å². The first-order valence-electron chi connectivity index (χ1n) is 3.38. The van der Waals surface area contributed by atoms with Gasteiger partial charge in [0.05, 0.1) is 11.6 Å². The summed E-state index contributed by atoms with van der Waals surface area (Å²) in [5.41, 5.74) is 0.801. The van der Waals surface area contributed by atoms with Gasteiger partial charge in [-0.05, 0) is 12.1 Å². The van der Waals surface area contributed by atoms with E-state index in [4.69, 9.17) is 10.5 Å². The molecule has 0 bridgehead atoms. The number of hydrogen-bond donors (Lipinski definition) is 0. The van der Waals surface area contributed by atoms with Crippen LogP contribution in [0.1, 0.15) is 15.9 Å². The van der Waals surface area contributed by atoms with Crippen molar-refractivity contribution in [3.05, 3.63) is 35.4 Å². The van der Waals surface area contributed by atoms with Crippen LogP contribution in [0.25, 0.3) is 0 Å². The van der Waals surface area contributed by atoms with Crippen LogP contribution in [0.15, 0.2) is 24.3 Å². The molecular weight excluding hydrogens is 184 g/mol. The SMILES string of the molecule is N#CSC(=O)c1cccc(C#N)c1. The van der Waals surface area contributed by atoms with Crippen LogP contribution in [-0.4, -0.2) is 5.12 Å². The fraction of sp³-hybridized carbons (Fsp3) is 0. The number of carbonyl (C=O) groups is 1. The number of rotatable bonds is 1. The first-order valence-corrected chi connectivity index (χ1v) is 4.20. The van der Waals surface area contributed by atoms with Gasteiger partial charge in [0.15, 0.2) is 0 Å². The Kier molecular flexibility index (Phi) is 3.08. The molecular formula is C9H4N2OS. The molecule has 0 aliphatic heterocycles. The third-order valence-corrected chi connectivity index (χ3v) is 1.88. The number of nitrogens with zero attached hydrogens (tertiary/aromatic N) is 2. The standard InChI is InChI=1S/C9H4N2OS/c10-5-7-2-1-3-8(4-7)9(12)13-6-11/h1-4H. The first-order chi connectivity index (χ1) is 6.27. The Balaban J connectivity index is 2.98. The van der Waals surface area contributed by atoms with E-state index in [0.717, 1.165) is 0 Å². The second kappa shape index (κ2) is 4.30. The molecule has 1 aromatic carbocycles. The third kappa shape index (κ3) is 2.33. The number of benzene rings is 1. The first kappa shape index (κ1) is 9.31. The topological polar surface area (TPSA) is 64.7 Å². The Morgan fingerprint density at radius 2 is 2.15 bits per heavy atom. The summed E-state index contributed by atoms with van der Waals surface area (Å²) in [6.07, 6.45) is 0. The van der Waals surface area contributed by atoms with Crippen molar-refractivity contribution in [3.8, 4) is 11.5 Å². The highest BCUT2D eigenvalue weighted by Gasteiger charge is 2.05. The van der Waals surface area contributed by atoms with E-state index in [2.05, 4.69) is 0 Å². The van der Waals surface area contributed by atoms with Gasteiger partial charge in [-0.25, -0.2) is 0 Å². The minimum absolute atomic E-state index is 0.334. The van der Waals surface area contributed by atoms with Crippen molar-refractivity contribution < 1.29 is 4.79 Å². The van der Waals surface area contributed by atoms with E-state index in [0.29, 0.717) is 22.9 Å². The van der Waals surface area contributed by atoms with E-state index in [1.807, 2.05) is 6.07 Å². The lowest BCUT2D eigenvalue weighted by atomic mass is 10.1. The Morgan fingerprint density at radius 3 is 2.77 bits per heavy atom. The molecule has 3 nitrogen and oxygen atoms in total. The predicted octanol–water partition coefficient (Wildman–Crippen LogP) is 1.91. The molecule has 0 unspecified atom stereocenters. The van der Waals surface area contributed by atoms with Crippen LogP contribution < -0.4 is 0 Å². The van der Waals surface area contributed by atoms with Crippen molar-refractivity contribution in [3.63, 3.8) is 0 Å². The molecule has 0 N–H and O–H groups in total. The maximum atomic E-state index is 11.1. The van der Waals surface area contributed by atoms with E-state index >= 15 is 0 Å². The minimum atomic E-state index is -0.334. The summed E-state index contributed by atoms with van der Waals surface area (Å²) in [7, 11) is 0. The van der Waals surface area contributed by atoms with Crippen LogP contribution in [0.4, 0.5) is 0 Å². The zero-order valence-electron chi connectivity index (χ0n) is 6.52. The van der Waals surface area contributed by atoms with Crippen LogP contribution in [0.2, 0.25) is 0 Å². The molecule has 0 aliphatic carbocycles. The number of hydrogen-bond acceptors (Lipinski definition) is 4. The zero-order valence-corrected chi connectivity index (χ0v) is 7.34. The smallest absolute Gasteiger partial charge is 0.233 e. The summed E-state index contributed by atoms with van der Waals surface area (Å²) in [5, 5.41) is 18.1. The average molecular weight is 188 g/mol. The van der Waals surface area contributed by atoms with Crippen LogP contribution in [0, 0.1) is 22.0 Å². The molecule has 0 saturated carbocycles. The summed E-state index contributed by atoms with van der Waals surface area (Å²) in [6.45, 7) is 0. The van der Waals surface area contributed by atoms with Crippen LogP contribution in [0.3, 0.4) is 0 Å². The molecule has 0 aliphatic rings. The maximum absolute atomic E-state index is 11.1. The second-order valence-corrected chi connectivity index (χ2v) is 2.93. The normalized spacial score (nSPS) is 8.46. The number of carbonyl (C=O) groups excluding carboxylic acids is 1. The largest absolute Gasteiger partial charge is 0.280 e. The van der Waals surface area contributed by atoms with Crippen molar-refractivity contribution in [2.45, 2.75) is 0 Å². The molecule has 0 fully saturated rings. The lowest BCUT2D eigenvalue weighted by Crippen LogP contribution is -1.91. The van der Waals surface area contributed by atoms with E-state index in [1.165, 1.54) is 6.07 Å². The van der Waals surface area contributed by atoms with Gasteiger partial charge in [-0.15, -0.1) is 0 Å². The summed E-state index contributed by atoms with van der Waals surface area (Å²) >= 11 is 0.561. The summed E-state index contributed by atoms with van der Waals surface area (Å²) in [5.74, 6) is 0. The zero-order chi connectivity index (χ0) is 9.68. The molecule has 62 valence electrons. The fourth-order valence-corrected chi connectivity index (χ4v) is 1.14. The van der Waals surface area contributed by atoms with Gasteiger partial charge in [-0.1, -0.05) is 12.1 Å². The van der Waals surface area contributed by atoms with E-state index in [-0.39, 0.29) is 5.12 Å². The van der Waals surface area contributed by atoms with Gasteiger partial charge in [0.1, 0.15) is 5.40 Å². The highest BCUT2D eigenvalue weighted by atomic mass is 32.2. The van der Waals surface area contributed by atoms with Gasteiger partial charge in [-0.3, -0.25) is 4.79 Å². The molecule has 0 aromatic heterocycles. The molecule has 0 spiro atoms. The van der Waals surface area contributed by atoms with Gasteiger partial charge in [0.25, 0.3) is 0 Å². The summed E-state index contributed by atoms with van der Waals surface area (Å²) in [6, 6.07) is 8.18. The van der Waals surface area contributed by atoms with Crippen LogP contribution >= 0.6 is 11.8 Å². The lowest BCUT2D eigenvalue weighted by molar-refractivity contribution is 0.109. The van der Waals surface area contributed by atoms with Crippen molar-refractivity contribution in [2.75, 3.05) is 0 Å². The number of thiocyanates is 1. The Bertz CT molecular complexity index is 414. The third-order valence-electron chi connectivity index (χ3n) is 1.37. The van der Waals surface area contributed by atoms with Crippen molar-refractivity contribution >= 4 is 16.9 Å². The highest BCUT2D eigenvalue weighted by molar-refractivity contribution is 8.18. The predicted molar refractivity (Wildman–Crippen MR) is 48.7 cm³/mol. The molecule has 0 radical (unpaired) electrons. The van der Waals surface area contributed by atoms with E-state index in [1.54, 1.807) is 23.6 Å². The van der Waals surface area contributed by atoms with Crippen LogP contribution in [-0.2, 0) is 0 Å². The van der Waals surface area contributed by atoms with Gasteiger partial charge in [0.2, 0.25) is 5.12 Å². The fourth-order valence-electron chi connectivity index (χ4n) is 0.816. The monoisotopic (exact) mass is 188 g/mol. The Labute approximate surface area is 79.6 Å². The Hall–Kier alpha value is -1.78. The van der Waals surface area contributed by atoms with Crippen molar-refractivity contribution in [2.24, 2.45) is 0 Å². The molecule has 0 atom stereocenters. The van der Waals surface area contributed by atoms with Crippen molar-refractivity contribution in [1.82, 2.24) is 0 Å². The van der Waals surface area contributed by atoms with Gasteiger partial charge in [-0.2, -0.15) is 10.5 Å². The molecule has 4 heteroatoms. The minimum Gasteiger partial charge on any atom is -0.280 e. The molecule has 0 amide bonds. The lowest BCUT2D eigenvalue weighted by Gasteiger charge is -1.94. The quantitative estimate of drug-likeness (QED) is 0.631. The molecule has 0 heterocycles. The average Bonchev–Trinajstić information content (AvgIpc) is 2.18. The van der Waals surface area contributed by atoms with Gasteiger partial charge >= 0.3 is 0 Å². The Morgan fingerprint density at radius 1 is 1.38 bits per heavy atom. The van der Waals surface area contributed by atoms with Crippen molar-refractivity contribution in [1.29, 1.82) is 10.5 Å². The molecule has 1 rings (SSSR count). The number of thioether (sulfide) groups is 1. The highest BCUT2D eigenvalue weighted by Crippen LogP contribution is 2.12. The van der Waals surface area contributed by atoms with E-state index in [9.17, 15) is 4.79 Å². The van der Waals surface area contributed by atoms with E-state index < -0.39 is 0 Å². The summed E-state index contributed by atoms with van der Waals surface area (Å²) < 4.78 is 0. The maximum Gasteiger partial charge on any atom is 0.233 e. The molecule has 13 heavy (non-hydrogen) atoms. The van der Waals surface area contributed by atoms with Crippen LogP contribution in [0.5, 0.6) is 0 Å². The second-order valence-electron chi connectivity index (χ2n) is 2.17.